The smallest absolute Gasteiger partial charge is 0.407 e. The topological polar surface area (TPSA) is 56.8 Å². The molecule has 0 aromatic heterocycles. The summed E-state index contributed by atoms with van der Waals surface area (Å²) in [4.78, 5) is 11.7. The molecule has 1 amide bonds. The van der Waals surface area contributed by atoms with Crippen LogP contribution < -0.4 is 5.32 Å². The Morgan fingerprint density at radius 1 is 1.38 bits per heavy atom. The van der Waals surface area contributed by atoms with Gasteiger partial charge in [0, 0.05) is 12.0 Å². The third kappa shape index (κ3) is 3.74. The van der Waals surface area contributed by atoms with Crippen molar-refractivity contribution in [1.29, 1.82) is 0 Å². The second-order valence-corrected chi connectivity index (χ2v) is 6.08. The highest BCUT2D eigenvalue weighted by Crippen LogP contribution is 2.40. The lowest BCUT2D eigenvalue weighted by Gasteiger charge is -2.17. The Balaban J connectivity index is 1.39. The fraction of sp³-hybridized carbons (Fsp3) is 0.562. The van der Waals surface area contributed by atoms with Gasteiger partial charge in [-0.3, -0.25) is 0 Å². The Kier molecular flexibility index (Phi) is 3.87. The first-order chi connectivity index (χ1) is 10.0. The predicted octanol–water partition coefficient (Wildman–Crippen LogP) is 2.45. The van der Waals surface area contributed by atoms with Gasteiger partial charge in [-0.15, -0.1) is 0 Å². The molecule has 1 aliphatic carbocycles. The van der Waals surface area contributed by atoms with Crippen LogP contribution in [0, 0.1) is 5.92 Å². The van der Waals surface area contributed by atoms with Crippen LogP contribution in [0.3, 0.4) is 0 Å². The van der Waals surface area contributed by atoms with Gasteiger partial charge in [0.2, 0.25) is 0 Å². The molecule has 3 rings (SSSR count). The maximum absolute atomic E-state index is 11.7. The molecule has 1 N–H and O–H groups in total. The molecule has 114 valence electrons. The molecule has 1 saturated carbocycles. The van der Waals surface area contributed by atoms with Gasteiger partial charge in [0.25, 0.3) is 0 Å². The van der Waals surface area contributed by atoms with E-state index in [1.807, 2.05) is 44.2 Å². The number of nitrogens with one attached hydrogen (secondary N) is 1. The molecule has 0 bridgehead atoms. The summed E-state index contributed by atoms with van der Waals surface area (Å²) in [7, 11) is 0. The van der Waals surface area contributed by atoms with E-state index in [0.29, 0.717) is 19.1 Å². The number of hydrogen-bond acceptors (Lipinski definition) is 4. The Morgan fingerprint density at radius 2 is 2.14 bits per heavy atom. The highest BCUT2D eigenvalue weighted by molar-refractivity contribution is 5.68. The van der Waals surface area contributed by atoms with E-state index in [1.165, 1.54) is 0 Å². The number of carbonyl (C=O) groups is 1. The number of amides is 1. The first kappa shape index (κ1) is 14.4. The van der Waals surface area contributed by atoms with Crippen LogP contribution in [0.5, 0.6) is 0 Å². The molecule has 1 aromatic carbocycles. The number of alkyl carbamates (subject to hydrolysis) is 1. The van der Waals surface area contributed by atoms with Gasteiger partial charge in [0.15, 0.2) is 5.79 Å². The minimum atomic E-state index is -0.508. The van der Waals surface area contributed by atoms with Gasteiger partial charge in [0.05, 0.1) is 12.7 Å². The average Bonchev–Trinajstić information content (AvgIpc) is 3.12. The highest BCUT2D eigenvalue weighted by Gasteiger charge is 2.49. The molecule has 1 saturated heterocycles. The summed E-state index contributed by atoms with van der Waals surface area (Å²) in [5, 5.41) is 2.88. The Bertz CT molecular complexity index is 502. The van der Waals surface area contributed by atoms with E-state index in [0.717, 1.165) is 12.0 Å². The zero-order valence-electron chi connectivity index (χ0n) is 12.4. The molecule has 21 heavy (non-hydrogen) atoms. The maximum Gasteiger partial charge on any atom is 0.407 e. The third-order valence-corrected chi connectivity index (χ3v) is 3.86. The van der Waals surface area contributed by atoms with Crippen molar-refractivity contribution >= 4 is 6.09 Å². The van der Waals surface area contributed by atoms with Crippen LogP contribution in [0.25, 0.3) is 0 Å². The monoisotopic (exact) mass is 291 g/mol. The fourth-order valence-corrected chi connectivity index (χ4v) is 2.63. The number of rotatable bonds is 4. The second kappa shape index (κ2) is 5.66. The molecule has 2 aliphatic rings. The summed E-state index contributed by atoms with van der Waals surface area (Å²) in [6, 6.07) is 9.77. The van der Waals surface area contributed by atoms with Crippen molar-refractivity contribution < 1.29 is 19.0 Å². The molecule has 1 aliphatic heterocycles. The maximum atomic E-state index is 11.7. The molecule has 0 unspecified atom stereocenters. The molecule has 0 radical (unpaired) electrons. The van der Waals surface area contributed by atoms with Crippen LogP contribution >= 0.6 is 0 Å². The second-order valence-electron chi connectivity index (χ2n) is 6.08. The first-order valence-corrected chi connectivity index (χ1v) is 7.32. The number of ether oxygens (including phenoxy) is 3. The molecule has 2 fully saturated rings. The molecular weight excluding hydrogens is 270 g/mol. The van der Waals surface area contributed by atoms with Crippen LogP contribution in [-0.4, -0.2) is 30.6 Å². The van der Waals surface area contributed by atoms with Crippen molar-refractivity contribution in [2.24, 2.45) is 5.92 Å². The zero-order chi connectivity index (χ0) is 14.9. The van der Waals surface area contributed by atoms with Gasteiger partial charge >= 0.3 is 6.09 Å². The van der Waals surface area contributed by atoms with Crippen molar-refractivity contribution in [3.8, 4) is 0 Å². The minimum absolute atomic E-state index is 0.0689. The molecule has 5 nitrogen and oxygen atoms in total. The van der Waals surface area contributed by atoms with Crippen molar-refractivity contribution in [3.63, 3.8) is 0 Å². The molecular formula is C16H21NO4. The van der Waals surface area contributed by atoms with E-state index in [1.54, 1.807) is 0 Å². The van der Waals surface area contributed by atoms with Gasteiger partial charge in [-0.25, -0.2) is 4.79 Å². The van der Waals surface area contributed by atoms with E-state index in [4.69, 9.17) is 14.2 Å². The Labute approximate surface area is 124 Å². The number of benzene rings is 1. The van der Waals surface area contributed by atoms with Gasteiger partial charge in [-0.1, -0.05) is 30.3 Å². The molecule has 1 aromatic rings. The third-order valence-electron chi connectivity index (χ3n) is 3.86. The fourth-order valence-electron chi connectivity index (χ4n) is 2.63. The van der Waals surface area contributed by atoms with Crippen molar-refractivity contribution in [2.45, 2.75) is 44.8 Å². The normalized spacial score (nSPS) is 29.9. The molecule has 5 heteroatoms. The lowest BCUT2D eigenvalue weighted by Crippen LogP contribution is -2.30. The number of carbonyl (C=O) groups excluding carboxylic acids is 1. The van der Waals surface area contributed by atoms with Gasteiger partial charge in [0.1, 0.15) is 6.61 Å². The van der Waals surface area contributed by atoms with Crippen LogP contribution in [0.4, 0.5) is 4.79 Å². The Morgan fingerprint density at radius 3 is 2.81 bits per heavy atom. The van der Waals surface area contributed by atoms with Crippen LogP contribution in [-0.2, 0) is 20.8 Å². The summed E-state index contributed by atoms with van der Waals surface area (Å²) in [6.07, 6.45) is 0.619. The van der Waals surface area contributed by atoms with E-state index >= 15 is 0 Å². The van der Waals surface area contributed by atoms with Gasteiger partial charge in [-0.05, 0) is 25.8 Å². The van der Waals surface area contributed by atoms with Gasteiger partial charge in [-0.2, -0.15) is 0 Å². The molecule has 0 spiro atoms. The quantitative estimate of drug-likeness (QED) is 0.926. The van der Waals surface area contributed by atoms with E-state index < -0.39 is 5.79 Å². The molecule has 1 heterocycles. The minimum Gasteiger partial charge on any atom is -0.445 e. The van der Waals surface area contributed by atoms with E-state index in [-0.39, 0.29) is 18.2 Å². The summed E-state index contributed by atoms with van der Waals surface area (Å²) in [5.41, 5.74) is 0.981. The van der Waals surface area contributed by atoms with Crippen LogP contribution in [0.1, 0.15) is 25.8 Å². The Hall–Kier alpha value is -1.59. The highest BCUT2D eigenvalue weighted by atomic mass is 16.7. The van der Waals surface area contributed by atoms with Crippen LogP contribution in [0.2, 0.25) is 0 Å². The van der Waals surface area contributed by atoms with Crippen molar-refractivity contribution in [2.75, 3.05) is 6.61 Å². The van der Waals surface area contributed by atoms with E-state index in [9.17, 15) is 4.79 Å². The molecule has 3 atom stereocenters. The van der Waals surface area contributed by atoms with Crippen molar-refractivity contribution in [1.82, 2.24) is 5.32 Å². The standard InChI is InChI=1S/C16H21NO4/c1-16(2)20-10-14(21-16)12-8-13(12)17-15(18)19-9-11-6-4-3-5-7-11/h3-7,12-14H,8-10H2,1-2H3,(H,17,18)/t12-,13+,14-/m1/s1. The summed E-state index contributed by atoms with van der Waals surface area (Å²) in [5.74, 6) is -0.179. The summed E-state index contributed by atoms with van der Waals surface area (Å²) >= 11 is 0. The van der Waals surface area contributed by atoms with Crippen molar-refractivity contribution in [3.05, 3.63) is 35.9 Å². The largest absolute Gasteiger partial charge is 0.445 e. The lowest BCUT2D eigenvalue weighted by atomic mass is 10.2. The first-order valence-electron chi connectivity index (χ1n) is 7.32. The van der Waals surface area contributed by atoms with Crippen LogP contribution in [0.15, 0.2) is 30.3 Å². The van der Waals surface area contributed by atoms with Gasteiger partial charge < -0.3 is 19.5 Å². The summed E-state index contributed by atoms with van der Waals surface area (Å²) < 4.78 is 16.6. The summed E-state index contributed by atoms with van der Waals surface area (Å²) in [6.45, 7) is 4.70. The lowest BCUT2D eigenvalue weighted by molar-refractivity contribution is -0.140. The van der Waals surface area contributed by atoms with E-state index in [2.05, 4.69) is 5.32 Å². The SMILES string of the molecule is CC1(C)OC[C@H]([C@@H]2C[C@@H]2NC(=O)OCc2ccccc2)O1. The number of hydrogen-bond donors (Lipinski definition) is 1. The predicted molar refractivity (Wildman–Crippen MR) is 76.6 cm³/mol. The zero-order valence-corrected chi connectivity index (χ0v) is 12.4. The average molecular weight is 291 g/mol.